The highest BCUT2D eigenvalue weighted by Gasteiger charge is 2.37. The lowest BCUT2D eigenvalue weighted by molar-refractivity contribution is -0.0669. The first kappa shape index (κ1) is 27.0. The zero-order valence-electron chi connectivity index (χ0n) is 21.7. The van der Waals surface area contributed by atoms with Crippen molar-refractivity contribution in [2.75, 3.05) is 39.9 Å². The van der Waals surface area contributed by atoms with Crippen LogP contribution in [-0.4, -0.2) is 61.7 Å². The molecule has 2 saturated heterocycles. The fraction of sp³-hybridized carbons (Fsp3) is 0.387. The van der Waals surface area contributed by atoms with Crippen molar-refractivity contribution in [1.82, 2.24) is 9.80 Å². The molecule has 5 rings (SSSR count). The number of piperidine rings is 1. The van der Waals surface area contributed by atoms with E-state index in [4.69, 9.17) is 32.7 Å². The summed E-state index contributed by atoms with van der Waals surface area (Å²) in [6.45, 7) is 4.05. The van der Waals surface area contributed by atoms with Crippen LogP contribution in [0.3, 0.4) is 0 Å². The van der Waals surface area contributed by atoms with E-state index in [2.05, 4.69) is 35.2 Å². The highest BCUT2D eigenvalue weighted by atomic mass is 35.5. The van der Waals surface area contributed by atoms with Crippen LogP contribution < -0.4 is 4.74 Å². The quantitative estimate of drug-likeness (QED) is 0.321. The van der Waals surface area contributed by atoms with E-state index in [-0.39, 0.29) is 18.1 Å². The van der Waals surface area contributed by atoms with Crippen molar-refractivity contribution in [2.24, 2.45) is 0 Å². The molecule has 7 heteroatoms. The van der Waals surface area contributed by atoms with E-state index < -0.39 is 0 Å². The summed E-state index contributed by atoms with van der Waals surface area (Å²) in [5.74, 6) is 1.24. The van der Waals surface area contributed by atoms with E-state index in [1.165, 1.54) is 5.56 Å². The summed E-state index contributed by atoms with van der Waals surface area (Å²) in [4.78, 5) is 18.2. The molecule has 2 aliphatic rings. The first-order chi connectivity index (χ1) is 18.5. The fourth-order valence-electron chi connectivity index (χ4n) is 5.74. The number of methoxy groups -OCH3 is 1. The topological polar surface area (TPSA) is 42.0 Å². The molecule has 2 heterocycles. The molecule has 0 spiro atoms. The number of hydrogen-bond acceptors (Lipinski definition) is 4. The van der Waals surface area contributed by atoms with Crippen molar-refractivity contribution in [1.29, 1.82) is 0 Å². The van der Waals surface area contributed by atoms with E-state index >= 15 is 0 Å². The third kappa shape index (κ3) is 6.18. The van der Waals surface area contributed by atoms with E-state index in [0.717, 1.165) is 44.5 Å². The summed E-state index contributed by atoms with van der Waals surface area (Å²) in [7, 11) is 1.61. The maximum atomic E-state index is 13.8. The molecule has 0 radical (unpaired) electrons. The normalized spacial score (nSPS) is 20.9. The van der Waals surface area contributed by atoms with Crippen LogP contribution in [0.25, 0.3) is 0 Å². The molecule has 0 bridgehead atoms. The molecule has 200 valence electrons. The zero-order valence-corrected chi connectivity index (χ0v) is 23.2. The predicted octanol–water partition coefficient (Wildman–Crippen LogP) is 6.85. The van der Waals surface area contributed by atoms with Gasteiger partial charge < -0.3 is 19.3 Å². The van der Waals surface area contributed by atoms with Crippen LogP contribution >= 0.6 is 23.2 Å². The Morgan fingerprint density at radius 1 is 0.921 bits per heavy atom. The number of nitrogens with zero attached hydrogens (tertiary/aromatic N) is 2. The van der Waals surface area contributed by atoms with Crippen molar-refractivity contribution in [2.45, 2.75) is 37.3 Å². The first-order valence-corrected chi connectivity index (χ1v) is 14.1. The summed E-state index contributed by atoms with van der Waals surface area (Å²) >= 11 is 12.7. The van der Waals surface area contributed by atoms with Gasteiger partial charge in [-0.15, -0.1) is 0 Å². The molecule has 2 aliphatic heterocycles. The largest absolute Gasteiger partial charge is 0.497 e. The van der Waals surface area contributed by atoms with Gasteiger partial charge in [-0.1, -0.05) is 65.7 Å². The SMILES string of the molecule is COc1cccc(C(=O)N2CCO[C@H](CCN3CCC(c4ccccc4)CC3)C2c2ccc(Cl)c(Cl)c2)c1. The number of carbonyl (C=O) groups is 1. The van der Waals surface area contributed by atoms with Gasteiger partial charge in [0.25, 0.3) is 5.91 Å². The fourth-order valence-corrected chi connectivity index (χ4v) is 6.05. The first-order valence-electron chi connectivity index (χ1n) is 13.3. The average molecular weight is 554 g/mol. The van der Waals surface area contributed by atoms with Crippen molar-refractivity contribution in [3.8, 4) is 5.75 Å². The minimum absolute atomic E-state index is 0.0445. The summed E-state index contributed by atoms with van der Waals surface area (Å²) in [5.41, 5.74) is 2.97. The number of hydrogen-bond donors (Lipinski definition) is 0. The third-order valence-corrected chi connectivity index (χ3v) is 8.54. The molecule has 1 amide bonds. The minimum atomic E-state index is -0.265. The van der Waals surface area contributed by atoms with Crippen LogP contribution in [0.5, 0.6) is 5.75 Å². The molecule has 38 heavy (non-hydrogen) atoms. The lowest BCUT2D eigenvalue weighted by Gasteiger charge is -2.42. The molecule has 1 unspecified atom stereocenters. The van der Waals surface area contributed by atoms with E-state index in [0.29, 0.717) is 40.4 Å². The minimum Gasteiger partial charge on any atom is -0.497 e. The monoisotopic (exact) mass is 552 g/mol. The van der Waals surface area contributed by atoms with E-state index in [9.17, 15) is 4.79 Å². The van der Waals surface area contributed by atoms with Gasteiger partial charge in [0.1, 0.15) is 5.75 Å². The Bertz CT molecular complexity index is 1230. The molecule has 3 aromatic rings. The van der Waals surface area contributed by atoms with Crippen molar-refractivity contribution < 1.29 is 14.3 Å². The van der Waals surface area contributed by atoms with Crippen LogP contribution in [-0.2, 0) is 4.74 Å². The molecule has 0 aliphatic carbocycles. The highest BCUT2D eigenvalue weighted by Crippen LogP contribution is 2.36. The number of likely N-dealkylation sites (tertiary alicyclic amines) is 1. The summed E-state index contributed by atoms with van der Waals surface area (Å²) in [6, 6.07) is 23.5. The van der Waals surface area contributed by atoms with Gasteiger partial charge in [0.15, 0.2) is 0 Å². The Morgan fingerprint density at radius 3 is 2.45 bits per heavy atom. The number of halogens is 2. The number of morpholine rings is 1. The third-order valence-electron chi connectivity index (χ3n) is 7.80. The molecule has 0 saturated carbocycles. The second-order valence-electron chi connectivity index (χ2n) is 10.1. The zero-order chi connectivity index (χ0) is 26.5. The number of amides is 1. The summed E-state index contributed by atoms with van der Waals surface area (Å²) < 4.78 is 11.7. The number of rotatable bonds is 7. The lowest BCUT2D eigenvalue weighted by Crippen LogP contribution is -2.49. The van der Waals surface area contributed by atoms with Crippen LogP contribution in [0.15, 0.2) is 72.8 Å². The molecular weight excluding hydrogens is 519 g/mol. The molecular formula is C31H34Cl2N2O3. The lowest BCUT2D eigenvalue weighted by atomic mass is 9.89. The molecule has 2 fully saturated rings. The van der Waals surface area contributed by atoms with Crippen LogP contribution in [0, 0.1) is 0 Å². The molecule has 3 aromatic carbocycles. The second-order valence-corrected chi connectivity index (χ2v) is 10.9. The van der Waals surface area contributed by atoms with Gasteiger partial charge in [0.2, 0.25) is 0 Å². The van der Waals surface area contributed by atoms with Crippen LogP contribution in [0.1, 0.15) is 52.7 Å². The highest BCUT2D eigenvalue weighted by molar-refractivity contribution is 6.42. The van der Waals surface area contributed by atoms with Gasteiger partial charge in [-0.05, 0) is 79.7 Å². The van der Waals surface area contributed by atoms with Crippen LogP contribution in [0.2, 0.25) is 10.0 Å². The Morgan fingerprint density at radius 2 is 1.71 bits per heavy atom. The van der Waals surface area contributed by atoms with Crippen molar-refractivity contribution >= 4 is 29.1 Å². The van der Waals surface area contributed by atoms with Gasteiger partial charge in [-0.25, -0.2) is 0 Å². The Balaban J connectivity index is 1.32. The maximum absolute atomic E-state index is 13.8. The van der Waals surface area contributed by atoms with Gasteiger partial charge in [-0.2, -0.15) is 0 Å². The van der Waals surface area contributed by atoms with Gasteiger partial charge >= 0.3 is 0 Å². The van der Waals surface area contributed by atoms with E-state index in [1.807, 2.05) is 35.2 Å². The van der Waals surface area contributed by atoms with Gasteiger partial charge in [0.05, 0.1) is 35.9 Å². The number of benzene rings is 3. The Kier molecular flexibility index (Phi) is 8.90. The Labute approximate surface area is 235 Å². The van der Waals surface area contributed by atoms with E-state index in [1.54, 1.807) is 19.2 Å². The number of ether oxygens (including phenoxy) is 2. The predicted molar refractivity (Wildman–Crippen MR) is 152 cm³/mol. The van der Waals surface area contributed by atoms with Crippen molar-refractivity contribution in [3.63, 3.8) is 0 Å². The second kappa shape index (κ2) is 12.5. The summed E-state index contributed by atoms with van der Waals surface area (Å²) in [5, 5.41) is 0.973. The maximum Gasteiger partial charge on any atom is 0.254 e. The molecule has 2 atom stereocenters. The van der Waals surface area contributed by atoms with Gasteiger partial charge in [0, 0.05) is 18.7 Å². The molecule has 0 N–H and O–H groups in total. The van der Waals surface area contributed by atoms with Gasteiger partial charge in [-0.3, -0.25) is 4.79 Å². The average Bonchev–Trinajstić information content (AvgIpc) is 2.97. The standard InChI is InChI=1S/C31H34Cl2N2O3/c1-37-26-9-5-8-25(20-26)31(36)35-18-19-38-29(30(35)24-10-11-27(32)28(33)21-24)14-17-34-15-12-23(13-16-34)22-6-3-2-4-7-22/h2-11,20-21,23,29-30H,12-19H2,1H3/t29-,30?/m1/s1. The smallest absolute Gasteiger partial charge is 0.254 e. The summed E-state index contributed by atoms with van der Waals surface area (Å²) in [6.07, 6.45) is 2.99. The Hall–Kier alpha value is -2.57. The number of carbonyl (C=O) groups excluding carboxylic acids is 1. The molecule has 0 aromatic heterocycles. The van der Waals surface area contributed by atoms with Crippen LogP contribution in [0.4, 0.5) is 0 Å². The molecule has 5 nitrogen and oxygen atoms in total. The van der Waals surface area contributed by atoms with Crippen molar-refractivity contribution in [3.05, 3.63) is 99.5 Å².